The number of imide groups is 1. The Hall–Kier alpha value is -5.35. The molecule has 4 aliphatic rings. The fourth-order valence-corrected chi connectivity index (χ4v) is 7.94. The smallest absolute Gasteiger partial charge is 0.238 e. The Balaban J connectivity index is 1.13. The Bertz CT molecular complexity index is 2170. The van der Waals surface area contributed by atoms with E-state index in [1.807, 2.05) is 42.5 Å². The zero-order chi connectivity index (χ0) is 33.3. The Morgan fingerprint density at radius 3 is 2.56 bits per heavy atom. The van der Waals surface area contributed by atoms with Crippen molar-refractivity contribution in [3.8, 4) is 23.0 Å². The first kappa shape index (κ1) is 30.0. The lowest BCUT2D eigenvalue weighted by Gasteiger charge is -2.41. The third-order valence-electron chi connectivity index (χ3n) is 9.73. The number of aromatic nitrogens is 1. The van der Waals surface area contributed by atoms with Crippen molar-refractivity contribution in [1.29, 1.82) is 0 Å². The van der Waals surface area contributed by atoms with Gasteiger partial charge in [0.15, 0.2) is 28.6 Å². The van der Waals surface area contributed by atoms with Crippen LogP contribution in [0.4, 0.5) is 5.69 Å². The lowest BCUT2D eigenvalue weighted by molar-refractivity contribution is -0.123. The summed E-state index contributed by atoms with van der Waals surface area (Å²) in [5.41, 5.74) is 4.86. The van der Waals surface area contributed by atoms with E-state index in [4.69, 9.17) is 9.15 Å². The number of halogens is 1. The number of hydrogen-bond acceptors (Lipinski definition) is 8. The van der Waals surface area contributed by atoms with Crippen LogP contribution in [0, 0.1) is 23.7 Å². The number of oxazole rings is 1. The third kappa shape index (κ3) is 4.70. The minimum absolute atomic E-state index is 0.00347. The molecule has 0 saturated carbocycles. The molecule has 1 N–H and O–H groups in total. The fourth-order valence-electron chi connectivity index (χ4n) is 7.49. The van der Waals surface area contributed by atoms with Gasteiger partial charge in [-0.05, 0) is 88.8 Å². The van der Waals surface area contributed by atoms with Crippen LogP contribution in [0.25, 0.3) is 28.6 Å². The number of phenols is 1. The van der Waals surface area contributed by atoms with Crippen molar-refractivity contribution in [3.63, 3.8) is 0 Å². The number of anilines is 1. The van der Waals surface area contributed by atoms with E-state index < -0.39 is 23.7 Å². The molecular weight excluding hydrogens is 676 g/mol. The number of ether oxygens (including phenoxy) is 1. The highest BCUT2D eigenvalue weighted by molar-refractivity contribution is 9.12. The van der Waals surface area contributed by atoms with Crippen molar-refractivity contribution in [1.82, 2.24) is 4.98 Å². The Kier molecular flexibility index (Phi) is 7.14. The SMILES string of the molecule is COc1cc(C=CC2C3=CCC4C(=O)N(c5ccc(-c6nc7ccccc7o6)cc5)C(=O)C4C3CC3=C2C(=O)C=C(Br)C3=O)ccc1O. The van der Waals surface area contributed by atoms with Gasteiger partial charge in [0.1, 0.15) is 5.52 Å². The first-order valence-electron chi connectivity index (χ1n) is 15.5. The van der Waals surface area contributed by atoms with Crippen LogP contribution >= 0.6 is 15.9 Å². The summed E-state index contributed by atoms with van der Waals surface area (Å²) in [5.74, 6) is -2.77. The van der Waals surface area contributed by atoms with Crippen molar-refractivity contribution < 1.29 is 33.4 Å². The van der Waals surface area contributed by atoms with E-state index in [1.54, 1.807) is 36.4 Å². The molecule has 1 saturated heterocycles. The summed E-state index contributed by atoms with van der Waals surface area (Å²) in [7, 11) is 1.46. The maximum atomic E-state index is 14.2. The first-order chi connectivity index (χ1) is 23.2. The molecule has 4 aromatic rings. The van der Waals surface area contributed by atoms with Gasteiger partial charge >= 0.3 is 0 Å². The predicted molar refractivity (Wildman–Crippen MR) is 181 cm³/mol. The number of aromatic hydroxyl groups is 1. The molecule has 4 unspecified atom stereocenters. The number of rotatable bonds is 5. The van der Waals surface area contributed by atoms with Crippen molar-refractivity contribution in [2.45, 2.75) is 12.8 Å². The number of phenolic OH excluding ortho intramolecular Hbond substituents is 1. The van der Waals surface area contributed by atoms with E-state index in [9.17, 15) is 24.3 Å². The van der Waals surface area contributed by atoms with Gasteiger partial charge in [-0.1, -0.05) is 42.0 Å². The zero-order valence-electron chi connectivity index (χ0n) is 25.6. The number of carbonyl (C=O) groups is 4. The zero-order valence-corrected chi connectivity index (χ0v) is 27.1. The second-order valence-corrected chi connectivity index (χ2v) is 13.1. The largest absolute Gasteiger partial charge is 0.504 e. The van der Waals surface area contributed by atoms with Crippen molar-refractivity contribution >= 4 is 62.2 Å². The number of benzene rings is 3. The molecule has 1 aliphatic heterocycles. The monoisotopic (exact) mass is 702 g/mol. The molecule has 0 bridgehead atoms. The Morgan fingerprint density at radius 1 is 1.00 bits per heavy atom. The third-order valence-corrected chi connectivity index (χ3v) is 10.3. The lowest BCUT2D eigenvalue weighted by Crippen LogP contribution is -2.40. The van der Waals surface area contributed by atoms with E-state index in [0.29, 0.717) is 51.6 Å². The van der Waals surface area contributed by atoms with Crippen molar-refractivity contribution in [2.75, 3.05) is 12.0 Å². The molecule has 2 amide bonds. The van der Waals surface area contributed by atoms with Gasteiger partial charge in [-0.15, -0.1) is 0 Å². The number of fused-ring (bicyclic) bond motifs is 4. The first-order valence-corrected chi connectivity index (χ1v) is 16.3. The summed E-state index contributed by atoms with van der Waals surface area (Å²) < 4.78 is 11.3. The summed E-state index contributed by atoms with van der Waals surface area (Å²) in [6.45, 7) is 0. The number of carbonyl (C=O) groups excluding carboxylic acids is 4. The molecule has 10 heteroatoms. The van der Waals surface area contributed by atoms with Crippen LogP contribution in [0.1, 0.15) is 18.4 Å². The Morgan fingerprint density at radius 2 is 1.79 bits per heavy atom. The molecule has 1 fully saturated rings. The van der Waals surface area contributed by atoms with Crippen LogP contribution in [0.2, 0.25) is 0 Å². The van der Waals surface area contributed by atoms with Gasteiger partial charge < -0.3 is 14.3 Å². The molecule has 8 rings (SSSR count). The number of Topliss-reactive ketones (excluding diaryl/α,β-unsaturated/α-hetero) is 1. The predicted octanol–water partition coefficient (Wildman–Crippen LogP) is 6.72. The number of hydrogen-bond donors (Lipinski definition) is 1. The molecule has 0 spiro atoms. The number of ketones is 2. The number of allylic oxidation sites excluding steroid dienone is 7. The summed E-state index contributed by atoms with van der Waals surface area (Å²) in [6.07, 6.45) is 7.44. The Labute approximate surface area is 283 Å². The van der Waals surface area contributed by atoms with E-state index in [2.05, 4.69) is 20.9 Å². The molecular formula is C38H27BrN2O7. The molecule has 4 atom stereocenters. The average molecular weight is 704 g/mol. The van der Waals surface area contributed by atoms with Crippen LogP contribution in [0.5, 0.6) is 11.5 Å². The van der Waals surface area contributed by atoms with Gasteiger partial charge in [0, 0.05) is 28.7 Å². The molecule has 3 aliphatic carbocycles. The molecule has 238 valence electrons. The number of methoxy groups -OCH3 is 1. The van der Waals surface area contributed by atoms with Crippen molar-refractivity contribution in [3.05, 3.63) is 112 Å². The molecule has 9 nitrogen and oxygen atoms in total. The summed E-state index contributed by atoms with van der Waals surface area (Å²) in [6, 6.07) is 19.4. The summed E-state index contributed by atoms with van der Waals surface area (Å²) >= 11 is 3.26. The topological polar surface area (TPSA) is 127 Å². The van der Waals surface area contributed by atoms with Crippen LogP contribution in [0.15, 0.2) is 111 Å². The number of amides is 2. The van der Waals surface area contributed by atoms with E-state index in [1.165, 1.54) is 24.2 Å². The van der Waals surface area contributed by atoms with Gasteiger partial charge in [0.2, 0.25) is 17.7 Å². The van der Waals surface area contributed by atoms with Gasteiger partial charge in [0.05, 0.1) is 29.1 Å². The maximum Gasteiger partial charge on any atom is 0.238 e. The van der Waals surface area contributed by atoms with Crippen LogP contribution in [0.3, 0.4) is 0 Å². The average Bonchev–Trinajstić information content (AvgIpc) is 3.64. The minimum atomic E-state index is -0.694. The van der Waals surface area contributed by atoms with Crippen LogP contribution in [-0.4, -0.2) is 40.6 Å². The highest BCUT2D eigenvalue weighted by Gasteiger charge is 2.56. The summed E-state index contributed by atoms with van der Waals surface area (Å²) in [5, 5.41) is 10.1. The maximum absolute atomic E-state index is 14.2. The van der Waals surface area contributed by atoms with Crippen LogP contribution in [-0.2, 0) is 19.2 Å². The van der Waals surface area contributed by atoms with Gasteiger partial charge in [-0.3, -0.25) is 24.1 Å². The molecule has 2 heterocycles. The second kappa shape index (κ2) is 11.4. The standard InChI is InChI=1S/C38H27BrN2O7/c1-47-32-16-19(7-15-29(32)42)6-12-23-22-13-14-24-34(25(22)17-26-33(23)30(43)18-27(39)35(26)44)38(46)41(37(24)45)21-10-8-20(9-11-21)36-40-28-4-2-3-5-31(28)48-36/h2-13,15-16,18,23-25,34,42H,14,17H2,1H3. The van der Waals surface area contributed by atoms with Crippen molar-refractivity contribution in [2.24, 2.45) is 23.7 Å². The van der Waals surface area contributed by atoms with E-state index >= 15 is 0 Å². The normalized spacial score (nSPS) is 23.8. The van der Waals surface area contributed by atoms with E-state index in [0.717, 1.165) is 11.1 Å². The summed E-state index contributed by atoms with van der Waals surface area (Å²) in [4.78, 5) is 60.8. The molecule has 1 aromatic heterocycles. The van der Waals surface area contributed by atoms with Gasteiger partial charge in [-0.2, -0.15) is 0 Å². The molecule has 3 aromatic carbocycles. The van der Waals surface area contributed by atoms with Gasteiger partial charge in [-0.25, -0.2) is 4.98 Å². The van der Waals surface area contributed by atoms with E-state index in [-0.39, 0.29) is 40.0 Å². The lowest BCUT2D eigenvalue weighted by atomic mass is 9.61. The highest BCUT2D eigenvalue weighted by Crippen LogP contribution is 2.53. The quantitative estimate of drug-likeness (QED) is 0.138. The molecule has 48 heavy (non-hydrogen) atoms. The minimum Gasteiger partial charge on any atom is -0.504 e. The number of nitrogens with zero attached hydrogens (tertiary/aromatic N) is 2. The second-order valence-electron chi connectivity index (χ2n) is 12.3. The fraction of sp³-hybridized carbons (Fsp3) is 0.184. The van der Waals surface area contributed by atoms with Gasteiger partial charge in [0.25, 0.3) is 0 Å². The molecule has 0 radical (unpaired) electrons. The van der Waals surface area contributed by atoms with Crippen LogP contribution < -0.4 is 9.64 Å². The highest BCUT2D eigenvalue weighted by atomic mass is 79.9. The number of para-hydroxylation sites is 2.